The number of ether oxygens (including phenoxy) is 1. The van der Waals surface area contributed by atoms with E-state index in [9.17, 15) is 0 Å². The van der Waals surface area contributed by atoms with Gasteiger partial charge in [-0.05, 0) is 31.4 Å². The SMILES string of the molecule is CCOc1nc(NN)nc(Nc2cccc(SC)c2)n1. The number of hydrogen-bond donors (Lipinski definition) is 3. The largest absolute Gasteiger partial charge is 0.464 e. The Balaban J connectivity index is 2.24. The molecule has 0 fully saturated rings. The maximum atomic E-state index is 5.33. The van der Waals surface area contributed by atoms with Crippen LogP contribution in [-0.4, -0.2) is 27.8 Å². The minimum atomic E-state index is 0.221. The van der Waals surface area contributed by atoms with E-state index in [0.29, 0.717) is 12.6 Å². The first-order valence-corrected chi connectivity index (χ1v) is 7.24. The van der Waals surface area contributed by atoms with Gasteiger partial charge < -0.3 is 10.1 Å². The number of nitrogens with one attached hydrogen (secondary N) is 2. The van der Waals surface area contributed by atoms with Crippen LogP contribution in [0.5, 0.6) is 6.01 Å². The summed E-state index contributed by atoms with van der Waals surface area (Å²) in [6.07, 6.45) is 2.02. The molecule has 106 valence electrons. The van der Waals surface area contributed by atoms with Crippen molar-refractivity contribution in [3.63, 3.8) is 0 Å². The molecule has 2 aromatic rings. The van der Waals surface area contributed by atoms with Crippen LogP contribution in [0.3, 0.4) is 0 Å². The van der Waals surface area contributed by atoms with E-state index < -0.39 is 0 Å². The van der Waals surface area contributed by atoms with E-state index in [2.05, 4.69) is 25.7 Å². The average Bonchev–Trinajstić information content (AvgIpc) is 2.47. The van der Waals surface area contributed by atoms with E-state index in [-0.39, 0.29) is 12.0 Å². The highest BCUT2D eigenvalue weighted by atomic mass is 32.2. The van der Waals surface area contributed by atoms with Crippen molar-refractivity contribution in [1.29, 1.82) is 0 Å². The van der Waals surface area contributed by atoms with Crippen molar-refractivity contribution in [3.8, 4) is 6.01 Å². The molecule has 0 unspecified atom stereocenters. The molecule has 0 aliphatic rings. The Hall–Kier alpha value is -2.06. The number of rotatable bonds is 6. The summed E-state index contributed by atoms with van der Waals surface area (Å²) in [5.41, 5.74) is 3.27. The summed E-state index contributed by atoms with van der Waals surface area (Å²) in [6, 6.07) is 8.14. The highest BCUT2D eigenvalue weighted by Gasteiger charge is 2.07. The predicted octanol–water partition coefficient (Wildman–Crippen LogP) is 2.02. The lowest BCUT2D eigenvalue weighted by Crippen LogP contribution is -2.13. The second-order valence-corrected chi connectivity index (χ2v) is 4.58. The third-order valence-corrected chi connectivity index (χ3v) is 3.07. The van der Waals surface area contributed by atoms with Crippen molar-refractivity contribution >= 4 is 29.3 Å². The fourth-order valence-electron chi connectivity index (χ4n) is 1.50. The van der Waals surface area contributed by atoms with Gasteiger partial charge in [-0.15, -0.1) is 11.8 Å². The Morgan fingerprint density at radius 1 is 1.25 bits per heavy atom. The molecule has 0 saturated carbocycles. The van der Waals surface area contributed by atoms with E-state index in [1.54, 1.807) is 11.8 Å². The average molecular weight is 292 g/mol. The monoisotopic (exact) mass is 292 g/mol. The lowest BCUT2D eigenvalue weighted by atomic mass is 10.3. The highest BCUT2D eigenvalue weighted by Crippen LogP contribution is 2.21. The van der Waals surface area contributed by atoms with Crippen molar-refractivity contribution < 1.29 is 4.74 Å². The summed E-state index contributed by atoms with van der Waals surface area (Å²) in [5, 5.41) is 3.10. The van der Waals surface area contributed by atoms with Gasteiger partial charge in [0.25, 0.3) is 0 Å². The standard InChI is InChI=1S/C12H16N6OS/c1-3-19-12-16-10(15-11(17-12)18-13)14-8-5-4-6-9(7-8)20-2/h4-7H,3,13H2,1-2H3,(H2,14,15,16,17,18). The van der Waals surface area contributed by atoms with E-state index in [1.807, 2.05) is 37.4 Å². The number of thioether (sulfide) groups is 1. The van der Waals surface area contributed by atoms with Gasteiger partial charge in [-0.3, -0.25) is 5.43 Å². The normalized spacial score (nSPS) is 10.2. The third-order valence-electron chi connectivity index (χ3n) is 2.34. The predicted molar refractivity (Wildman–Crippen MR) is 80.3 cm³/mol. The summed E-state index contributed by atoms with van der Waals surface area (Å²) in [5.74, 6) is 5.95. The Morgan fingerprint density at radius 3 is 2.75 bits per heavy atom. The fraction of sp³-hybridized carbons (Fsp3) is 0.250. The molecule has 7 nitrogen and oxygen atoms in total. The van der Waals surface area contributed by atoms with E-state index in [0.717, 1.165) is 10.6 Å². The number of hydrazine groups is 1. The molecule has 1 aromatic heterocycles. The van der Waals surface area contributed by atoms with Gasteiger partial charge in [-0.25, -0.2) is 5.84 Å². The Kier molecular flexibility index (Phi) is 4.97. The van der Waals surface area contributed by atoms with Crippen LogP contribution < -0.4 is 21.3 Å². The van der Waals surface area contributed by atoms with Gasteiger partial charge in [0.05, 0.1) is 6.61 Å². The minimum Gasteiger partial charge on any atom is -0.464 e. The van der Waals surface area contributed by atoms with Crippen LogP contribution in [0.25, 0.3) is 0 Å². The maximum Gasteiger partial charge on any atom is 0.323 e. The van der Waals surface area contributed by atoms with Crippen molar-refractivity contribution in [1.82, 2.24) is 15.0 Å². The molecule has 1 aromatic carbocycles. The van der Waals surface area contributed by atoms with Gasteiger partial charge in [0, 0.05) is 10.6 Å². The summed E-state index contributed by atoms with van der Waals surface area (Å²) in [6.45, 7) is 2.32. The molecule has 0 bridgehead atoms. The first-order chi connectivity index (χ1) is 9.75. The number of hydrogen-bond acceptors (Lipinski definition) is 8. The summed E-state index contributed by atoms with van der Waals surface area (Å²) < 4.78 is 5.27. The smallest absolute Gasteiger partial charge is 0.323 e. The number of anilines is 3. The molecule has 4 N–H and O–H groups in total. The van der Waals surface area contributed by atoms with Crippen molar-refractivity contribution in [2.45, 2.75) is 11.8 Å². The number of nitrogen functional groups attached to an aromatic ring is 1. The quantitative estimate of drug-likeness (QED) is 0.422. The molecule has 1 heterocycles. The zero-order chi connectivity index (χ0) is 14.4. The van der Waals surface area contributed by atoms with Crippen LogP contribution in [0, 0.1) is 0 Å². The third kappa shape index (κ3) is 3.72. The minimum absolute atomic E-state index is 0.221. The maximum absolute atomic E-state index is 5.33. The molecule has 2 rings (SSSR count). The molecule has 0 atom stereocenters. The number of nitrogens with two attached hydrogens (primary N) is 1. The van der Waals surface area contributed by atoms with Crippen molar-refractivity contribution in [3.05, 3.63) is 24.3 Å². The zero-order valence-corrected chi connectivity index (χ0v) is 12.1. The second-order valence-electron chi connectivity index (χ2n) is 3.70. The topological polar surface area (TPSA) is 98.0 Å². The van der Waals surface area contributed by atoms with Crippen molar-refractivity contribution in [2.75, 3.05) is 23.6 Å². The van der Waals surface area contributed by atoms with Crippen LogP contribution in [0.4, 0.5) is 17.6 Å². The number of aromatic nitrogens is 3. The van der Waals surface area contributed by atoms with E-state index >= 15 is 0 Å². The molecular formula is C12H16N6OS. The Bertz CT molecular complexity index is 580. The molecule has 0 amide bonds. The second kappa shape index (κ2) is 6.92. The number of benzene rings is 1. The van der Waals surface area contributed by atoms with E-state index in [4.69, 9.17) is 10.6 Å². The molecular weight excluding hydrogens is 276 g/mol. The van der Waals surface area contributed by atoms with Crippen LogP contribution >= 0.6 is 11.8 Å². The van der Waals surface area contributed by atoms with Crippen molar-refractivity contribution in [2.24, 2.45) is 5.84 Å². The molecule has 0 spiro atoms. The molecule has 8 heteroatoms. The van der Waals surface area contributed by atoms with Gasteiger partial charge in [-0.2, -0.15) is 15.0 Å². The van der Waals surface area contributed by atoms with Crippen LogP contribution in [0.15, 0.2) is 29.2 Å². The highest BCUT2D eigenvalue weighted by molar-refractivity contribution is 7.98. The summed E-state index contributed by atoms with van der Waals surface area (Å²) >= 11 is 1.66. The zero-order valence-electron chi connectivity index (χ0n) is 11.3. The summed E-state index contributed by atoms with van der Waals surface area (Å²) in [4.78, 5) is 13.4. The van der Waals surface area contributed by atoms with Gasteiger partial charge in [0.1, 0.15) is 0 Å². The summed E-state index contributed by atoms with van der Waals surface area (Å²) in [7, 11) is 0. The van der Waals surface area contributed by atoms with Gasteiger partial charge in [0.15, 0.2) is 0 Å². The van der Waals surface area contributed by atoms with Gasteiger partial charge in [-0.1, -0.05) is 6.07 Å². The van der Waals surface area contributed by atoms with Crippen LogP contribution in [0.2, 0.25) is 0 Å². The van der Waals surface area contributed by atoms with Gasteiger partial charge in [0.2, 0.25) is 11.9 Å². The van der Waals surface area contributed by atoms with Crippen LogP contribution in [0.1, 0.15) is 6.92 Å². The first-order valence-electron chi connectivity index (χ1n) is 6.01. The lowest BCUT2D eigenvalue weighted by molar-refractivity contribution is 0.312. The van der Waals surface area contributed by atoms with E-state index in [1.165, 1.54) is 0 Å². The molecule has 20 heavy (non-hydrogen) atoms. The Morgan fingerprint density at radius 2 is 2.05 bits per heavy atom. The molecule has 0 aliphatic heterocycles. The van der Waals surface area contributed by atoms with Gasteiger partial charge >= 0.3 is 6.01 Å². The van der Waals surface area contributed by atoms with Crippen LogP contribution in [-0.2, 0) is 0 Å². The Labute approximate surface area is 121 Å². The first kappa shape index (κ1) is 14.4. The lowest BCUT2D eigenvalue weighted by Gasteiger charge is -2.09. The molecule has 0 aliphatic carbocycles. The fourth-order valence-corrected chi connectivity index (χ4v) is 1.96. The molecule has 0 radical (unpaired) electrons. The molecule has 0 saturated heterocycles. The number of nitrogens with zero attached hydrogens (tertiary/aromatic N) is 3.